The van der Waals surface area contributed by atoms with Crippen molar-refractivity contribution in [2.24, 2.45) is 0 Å². The Labute approximate surface area is 133 Å². The minimum atomic E-state index is -0.284. The fourth-order valence-electron chi connectivity index (χ4n) is 2.31. The molecule has 21 heavy (non-hydrogen) atoms. The molecule has 1 heterocycles. The number of rotatable bonds is 5. The topological polar surface area (TPSA) is 44.8 Å². The smallest absolute Gasteiger partial charge is 0.312 e. The summed E-state index contributed by atoms with van der Waals surface area (Å²) in [6.07, 6.45) is 3.07. The Morgan fingerprint density at radius 3 is 2.95 bits per heavy atom. The lowest BCUT2D eigenvalue weighted by atomic mass is 9.99. The number of hydrogen-bond acceptors (Lipinski definition) is 4. The summed E-state index contributed by atoms with van der Waals surface area (Å²) in [6, 6.07) is 5.84. The van der Waals surface area contributed by atoms with Gasteiger partial charge in [-0.25, -0.2) is 0 Å². The van der Waals surface area contributed by atoms with Crippen molar-refractivity contribution < 1.29 is 19.0 Å². The number of carbonyl (C=O) groups is 1. The zero-order valence-electron chi connectivity index (χ0n) is 12.4. The van der Waals surface area contributed by atoms with Crippen molar-refractivity contribution in [3.63, 3.8) is 0 Å². The molecule has 1 aliphatic rings. The number of halogens is 1. The van der Waals surface area contributed by atoms with E-state index >= 15 is 0 Å². The van der Waals surface area contributed by atoms with Crippen LogP contribution in [0.2, 0.25) is 0 Å². The van der Waals surface area contributed by atoms with Gasteiger partial charge in [0, 0.05) is 11.1 Å². The van der Waals surface area contributed by atoms with Crippen LogP contribution in [0.4, 0.5) is 0 Å². The van der Waals surface area contributed by atoms with E-state index in [1.807, 2.05) is 25.1 Å². The molecule has 4 nitrogen and oxygen atoms in total. The Morgan fingerprint density at radius 2 is 2.29 bits per heavy atom. The van der Waals surface area contributed by atoms with Crippen LogP contribution in [0.25, 0.3) is 0 Å². The van der Waals surface area contributed by atoms with Crippen molar-refractivity contribution in [3.05, 3.63) is 33.8 Å². The lowest BCUT2D eigenvalue weighted by Gasteiger charge is -2.23. The highest BCUT2D eigenvalue weighted by Gasteiger charge is 2.18. The zero-order valence-corrected chi connectivity index (χ0v) is 14.0. The molecule has 0 aliphatic carbocycles. The van der Waals surface area contributed by atoms with Crippen LogP contribution in [0, 0.1) is 0 Å². The first-order valence-electron chi connectivity index (χ1n) is 7.21. The lowest BCUT2D eigenvalue weighted by molar-refractivity contribution is -0.169. The third kappa shape index (κ3) is 4.53. The van der Waals surface area contributed by atoms with E-state index in [4.69, 9.17) is 14.2 Å². The van der Waals surface area contributed by atoms with Crippen molar-refractivity contribution in [1.29, 1.82) is 0 Å². The average Bonchev–Trinajstić information content (AvgIpc) is 2.53. The van der Waals surface area contributed by atoms with Gasteiger partial charge in [-0.05, 0) is 43.4 Å². The number of ether oxygens (including phenoxy) is 3. The van der Waals surface area contributed by atoms with Crippen LogP contribution >= 0.6 is 15.9 Å². The molecule has 1 saturated heterocycles. The van der Waals surface area contributed by atoms with Crippen LogP contribution in [0.3, 0.4) is 0 Å². The minimum Gasteiger partial charge on any atom is -0.469 e. The van der Waals surface area contributed by atoms with Crippen molar-refractivity contribution in [1.82, 2.24) is 0 Å². The van der Waals surface area contributed by atoms with Gasteiger partial charge in [-0.15, -0.1) is 0 Å². The summed E-state index contributed by atoms with van der Waals surface area (Å²) in [4.78, 5) is 11.6. The standard InChI is InChI=1S/C16H21BrO4/c1-11(16(18)19-2)12-6-7-14(17)13(9-12)10-21-15-5-3-4-8-20-15/h6-7,9,11,15H,3-5,8,10H2,1-2H3. The van der Waals surface area contributed by atoms with E-state index in [2.05, 4.69) is 15.9 Å². The Morgan fingerprint density at radius 1 is 1.48 bits per heavy atom. The van der Waals surface area contributed by atoms with Gasteiger partial charge in [-0.2, -0.15) is 0 Å². The van der Waals surface area contributed by atoms with Gasteiger partial charge in [0.25, 0.3) is 0 Å². The van der Waals surface area contributed by atoms with E-state index in [-0.39, 0.29) is 18.2 Å². The Balaban J connectivity index is 2.02. The number of benzene rings is 1. The molecule has 2 atom stereocenters. The first-order valence-corrected chi connectivity index (χ1v) is 8.00. The second-order valence-electron chi connectivity index (χ2n) is 5.20. The SMILES string of the molecule is COC(=O)C(C)c1ccc(Br)c(COC2CCCCO2)c1. The fourth-order valence-corrected chi connectivity index (χ4v) is 2.67. The summed E-state index contributed by atoms with van der Waals surface area (Å²) in [7, 11) is 1.40. The van der Waals surface area contributed by atoms with E-state index in [1.165, 1.54) is 7.11 Å². The quantitative estimate of drug-likeness (QED) is 0.753. The maximum atomic E-state index is 11.6. The number of esters is 1. The number of hydrogen-bond donors (Lipinski definition) is 0. The summed E-state index contributed by atoms with van der Waals surface area (Å²) in [6.45, 7) is 3.07. The molecule has 116 valence electrons. The highest BCUT2D eigenvalue weighted by molar-refractivity contribution is 9.10. The van der Waals surface area contributed by atoms with Crippen LogP contribution in [-0.4, -0.2) is 26.0 Å². The average molecular weight is 357 g/mol. The molecule has 1 aromatic carbocycles. The van der Waals surface area contributed by atoms with Gasteiger partial charge in [-0.3, -0.25) is 4.79 Å². The van der Waals surface area contributed by atoms with E-state index in [9.17, 15) is 4.79 Å². The maximum Gasteiger partial charge on any atom is 0.312 e. The molecule has 1 fully saturated rings. The van der Waals surface area contributed by atoms with Crippen molar-refractivity contribution in [3.8, 4) is 0 Å². The first-order chi connectivity index (χ1) is 10.1. The lowest BCUT2D eigenvalue weighted by Crippen LogP contribution is -2.22. The van der Waals surface area contributed by atoms with E-state index in [0.717, 1.165) is 41.5 Å². The molecule has 0 saturated carbocycles. The van der Waals surface area contributed by atoms with Crippen LogP contribution in [0.15, 0.2) is 22.7 Å². The van der Waals surface area contributed by atoms with E-state index < -0.39 is 0 Å². The van der Waals surface area contributed by atoms with Gasteiger partial charge in [0.2, 0.25) is 0 Å². The molecular weight excluding hydrogens is 336 g/mol. The van der Waals surface area contributed by atoms with Gasteiger partial charge in [0.1, 0.15) is 0 Å². The van der Waals surface area contributed by atoms with Crippen molar-refractivity contribution in [2.45, 2.75) is 45.0 Å². The minimum absolute atomic E-state index is 0.118. The molecular formula is C16H21BrO4. The summed E-state index contributed by atoms with van der Waals surface area (Å²) in [5, 5.41) is 0. The van der Waals surface area contributed by atoms with Gasteiger partial charge in [0.05, 0.1) is 19.6 Å². The Bertz CT molecular complexity index is 483. The summed E-state index contributed by atoms with van der Waals surface area (Å²) >= 11 is 3.52. The third-order valence-electron chi connectivity index (χ3n) is 3.69. The molecule has 0 spiro atoms. The summed E-state index contributed by atoms with van der Waals surface area (Å²) in [5.41, 5.74) is 1.94. The number of methoxy groups -OCH3 is 1. The molecule has 0 N–H and O–H groups in total. The Hall–Kier alpha value is -0.910. The molecule has 1 aliphatic heterocycles. The summed E-state index contributed by atoms with van der Waals surface area (Å²) in [5.74, 6) is -0.521. The zero-order chi connectivity index (χ0) is 15.2. The molecule has 5 heteroatoms. The fraction of sp³-hybridized carbons (Fsp3) is 0.562. The molecule has 1 aromatic rings. The maximum absolute atomic E-state index is 11.6. The van der Waals surface area contributed by atoms with Gasteiger partial charge in [-0.1, -0.05) is 28.1 Å². The first kappa shape index (κ1) is 16.5. The van der Waals surface area contributed by atoms with Crippen LogP contribution in [0.5, 0.6) is 0 Å². The summed E-state index contributed by atoms with van der Waals surface area (Å²) < 4.78 is 17.1. The van der Waals surface area contributed by atoms with Gasteiger partial charge >= 0.3 is 5.97 Å². The van der Waals surface area contributed by atoms with Crippen molar-refractivity contribution in [2.75, 3.05) is 13.7 Å². The number of carbonyl (C=O) groups excluding carboxylic acids is 1. The largest absolute Gasteiger partial charge is 0.469 e. The van der Waals surface area contributed by atoms with Crippen molar-refractivity contribution >= 4 is 21.9 Å². The van der Waals surface area contributed by atoms with Crippen LogP contribution < -0.4 is 0 Å². The van der Waals surface area contributed by atoms with Gasteiger partial charge < -0.3 is 14.2 Å². The van der Waals surface area contributed by atoms with Crippen LogP contribution in [0.1, 0.15) is 43.2 Å². The highest BCUT2D eigenvalue weighted by atomic mass is 79.9. The predicted molar refractivity (Wildman–Crippen MR) is 83.0 cm³/mol. The third-order valence-corrected chi connectivity index (χ3v) is 4.46. The molecule has 0 amide bonds. The predicted octanol–water partition coefficient (Wildman–Crippen LogP) is 3.77. The molecule has 2 unspecified atom stereocenters. The second kappa shape index (κ2) is 7.92. The normalized spacial score (nSPS) is 20.0. The van der Waals surface area contributed by atoms with E-state index in [0.29, 0.717) is 6.61 Å². The molecule has 0 aromatic heterocycles. The molecule has 2 rings (SSSR count). The van der Waals surface area contributed by atoms with Gasteiger partial charge in [0.15, 0.2) is 6.29 Å². The van der Waals surface area contributed by atoms with E-state index in [1.54, 1.807) is 0 Å². The Kier molecular flexibility index (Phi) is 6.21. The monoisotopic (exact) mass is 356 g/mol. The molecule has 0 bridgehead atoms. The molecule has 0 radical (unpaired) electrons. The van der Waals surface area contributed by atoms with Crippen LogP contribution in [-0.2, 0) is 25.6 Å². The highest BCUT2D eigenvalue weighted by Crippen LogP contribution is 2.25. The second-order valence-corrected chi connectivity index (χ2v) is 6.06.